The van der Waals surface area contributed by atoms with E-state index in [9.17, 15) is 14.0 Å². The first-order valence-electron chi connectivity index (χ1n) is 10.3. The molecule has 4 rings (SSSR count). The number of nitrogens with one attached hydrogen (secondary N) is 1. The van der Waals surface area contributed by atoms with Crippen LogP contribution in [0.3, 0.4) is 0 Å². The second kappa shape index (κ2) is 9.89. The lowest BCUT2D eigenvalue weighted by Crippen LogP contribution is -2.41. The Morgan fingerprint density at radius 2 is 1.84 bits per heavy atom. The van der Waals surface area contributed by atoms with E-state index in [1.807, 2.05) is 37.3 Å². The van der Waals surface area contributed by atoms with Crippen molar-refractivity contribution in [3.8, 4) is 10.4 Å². The molecule has 1 fully saturated rings. The van der Waals surface area contributed by atoms with Gasteiger partial charge in [-0.25, -0.2) is 4.39 Å². The number of rotatable bonds is 5. The first-order chi connectivity index (χ1) is 15.5. The number of amides is 2. The van der Waals surface area contributed by atoms with Crippen LogP contribution in [0.5, 0.6) is 0 Å². The number of anilines is 1. The van der Waals surface area contributed by atoms with Crippen molar-refractivity contribution < 1.29 is 18.7 Å². The van der Waals surface area contributed by atoms with Crippen molar-refractivity contribution in [2.45, 2.75) is 6.92 Å². The standard InChI is InChI=1S/C25H23FN2O3S/c1-17-22(25(30)28-12-14-31-15-13-28)24(32-23(17)19-7-3-2-4-8-19)27-21(29)11-10-18-6-5-9-20(26)16-18/h2-11,16H,12-15H2,1H3,(H,27,29)/b11-10+. The summed E-state index contributed by atoms with van der Waals surface area (Å²) in [5, 5.41) is 3.37. The smallest absolute Gasteiger partial charge is 0.257 e. The van der Waals surface area contributed by atoms with Gasteiger partial charge in [0.2, 0.25) is 5.91 Å². The van der Waals surface area contributed by atoms with Gasteiger partial charge in [-0.3, -0.25) is 9.59 Å². The molecule has 0 atom stereocenters. The topological polar surface area (TPSA) is 58.6 Å². The van der Waals surface area contributed by atoms with E-state index in [1.165, 1.54) is 29.5 Å². The molecule has 0 aliphatic carbocycles. The number of ether oxygens (including phenoxy) is 1. The highest BCUT2D eigenvalue weighted by Gasteiger charge is 2.27. The largest absolute Gasteiger partial charge is 0.378 e. The van der Waals surface area contributed by atoms with Gasteiger partial charge < -0.3 is 15.0 Å². The Morgan fingerprint density at radius 1 is 1.09 bits per heavy atom. The third-order valence-electron chi connectivity index (χ3n) is 5.21. The summed E-state index contributed by atoms with van der Waals surface area (Å²) in [4.78, 5) is 28.7. The highest BCUT2D eigenvalue weighted by Crippen LogP contribution is 2.40. The summed E-state index contributed by atoms with van der Waals surface area (Å²) in [6.07, 6.45) is 2.88. The molecule has 2 aromatic carbocycles. The molecule has 1 aliphatic heterocycles. The van der Waals surface area contributed by atoms with Crippen LogP contribution in [0.1, 0.15) is 21.5 Å². The summed E-state index contributed by atoms with van der Waals surface area (Å²) in [6, 6.07) is 15.8. The molecular formula is C25H23FN2O3S. The molecule has 2 heterocycles. The van der Waals surface area contributed by atoms with Crippen LogP contribution in [0.4, 0.5) is 9.39 Å². The lowest BCUT2D eigenvalue weighted by atomic mass is 10.1. The molecule has 1 saturated heterocycles. The van der Waals surface area contributed by atoms with E-state index in [1.54, 1.807) is 23.1 Å². The van der Waals surface area contributed by atoms with Crippen molar-refractivity contribution in [1.29, 1.82) is 0 Å². The SMILES string of the molecule is Cc1c(-c2ccccc2)sc(NC(=O)/C=C/c2cccc(F)c2)c1C(=O)N1CCOCC1. The van der Waals surface area contributed by atoms with Crippen LogP contribution in [-0.4, -0.2) is 43.0 Å². The van der Waals surface area contributed by atoms with Crippen LogP contribution in [0, 0.1) is 12.7 Å². The summed E-state index contributed by atoms with van der Waals surface area (Å²) in [6.45, 7) is 3.94. The highest BCUT2D eigenvalue weighted by atomic mass is 32.1. The van der Waals surface area contributed by atoms with E-state index in [0.717, 1.165) is 16.0 Å². The van der Waals surface area contributed by atoms with E-state index in [2.05, 4.69) is 5.32 Å². The van der Waals surface area contributed by atoms with Crippen LogP contribution in [0.25, 0.3) is 16.5 Å². The first-order valence-corrected chi connectivity index (χ1v) is 11.1. The zero-order chi connectivity index (χ0) is 22.5. The Bertz CT molecular complexity index is 1150. The minimum absolute atomic E-state index is 0.117. The molecule has 2 amide bonds. The van der Waals surface area contributed by atoms with Crippen molar-refractivity contribution in [1.82, 2.24) is 4.90 Å². The van der Waals surface area contributed by atoms with E-state index < -0.39 is 0 Å². The second-order valence-electron chi connectivity index (χ2n) is 7.41. The van der Waals surface area contributed by atoms with Crippen LogP contribution < -0.4 is 5.32 Å². The van der Waals surface area contributed by atoms with Gasteiger partial charge in [0.05, 0.1) is 18.8 Å². The second-order valence-corrected chi connectivity index (χ2v) is 8.43. The maximum Gasteiger partial charge on any atom is 0.257 e. The summed E-state index contributed by atoms with van der Waals surface area (Å²) in [5.41, 5.74) is 2.91. The van der Waals surface area contributed by atoms with Crippen LogP contribution in [0.15, 0.2) is 60.7 Å². The number of thiophene rings is 1. The van der Waals surface area contributed by atoms with Crippen LogP contribution >= 0.6 is 11.3 Å². The molecule has 7 heteroatoms. The quantitative estimate of drug-likeness (QED) is 0.558. The Kier molecular flexibility index (Phi) is 6.78. The van der Waals surface area contributed by atoms with Crippen molar-refractivity contribution in [2.75, 3.05) is 31.6 Å². The lowest BCUT2D eigenvalue weighted by molar-refractivity contribution is -0.111. The molecule has 1 N–H and O–H groups in total. The van der Waals surface area contributed by atoms with Gasteiger partial charge in [0, 0.05) is 24.0 Å². The number of hydrogen-bond donors (Lipinski definition) is 1. The fourth-order valence-corrected chi connectivity index (χ4v) is 4.79. The van der Waals surface area contributed by atoms with Gasteiger partial charge in [0.25, 0.3) is 5.91 Å². The molecule has 1 aliphatic rings. The lowest BCUT2D eigenvalue weighted by Gasteiger charge is -2.27. The fraction of sp³-hybridized carbons (Fsp3) is 0.200. The fourth-order valence-electron chi connectivity index (χ4n) is 3.58. The van der Waals surface area contributed by atoms with Gasteiger partial charge in [-0.15, -0.1) is 11.3 Å². The van der Waals surface area contributed by atoms with Gasteiger partial charge >= 0.3 is 0 Å². The normalized spacial score (nSPS) is 14.0. The maximum absolute atomic E-state index is 13.4. The van der Waals surface area contributed by atoms with E-state index in [4.69, 9.17) is 4.74 Å². The number of benzene rings is 2. The number of carbonyl (C=O) groups excluding carboxylic acids is 2. The zero-order valence-electron chi connectivity index (χ0n) is 17.6. The van der Waals surface area contributed by atoms with Crippen molar-refractivity contribution in [3.05, 3.63) is 83.2 Å². The van der Waals surface area contributed by atoms with Crippen molar-refractivity contribution >= 4 is 34.2 Å². The number of nitrogens with zero attached hydrogens (tertiary/aromatic N) is 1. The van der Waals surface area contributed by atoms with Gasteiger partial charge in [-0.05, 0) is 41.8 Å². The third kappa shape index (κ3) is 4.95. The third-order valence-corrected chi connectivity index (χ3v) is 6.46. The van der Waals surface area contributed by atoms with E-state index >= 15 is 0 Å². The van der Waals surface area contributed by atoms with Gasteiger partial charge in [-0.2, -0.15) is 0 Å². The molecule has 0 unspecified atom stereocenters. The number of carbonyl (C=O) groups is 2. The molecule has 1 aromatic heterocycles. The number of halogens is 1. The maximum atomic E-state index is 13.4. The van der Waals surface area contributed by atoms with E-state index in [-0.39, 0.29) is 17.6 Å². The molecule has 164 valence electrons. The first kappa shape index (κ1) is 21.9. The average molecular weight is 451 g/mol. The summed E-state index contributed by atoms with van der Waals surface area (Å²) < 4.78 is 18.8. The molecule has 0 saturated carbocycles. The molecule has 5 nitrogen and oxygen atoms in total. The number of morpholine rings is 1. The monoisotopic (exact) mass is 450 g/mol. The number of hydrogen-bond acceptors (Lipinski definition) is 4. The molecule has 32 heavy (non-hydrogen) atoms. The Balaban J connectivity index is 1.64. The molecule has 3 aromatic rings. The van der Waals surface area contributed by atoms with Crippen molar-refractivity contribution in [2.24, 2.45) is 0 Å². The summed E-state index contributed by atoms with van der Waals surface area (Å²) in [5.74, 6) is -0.868. The van der Waals surface area contributed by atoms with E-state index in [0.29, 0.717) is 42.4 Å². The highest BCUT2D eigenvalue weighted by molar-refractivity contribution is 7.20. The predicted octanol–water partition coefficient (Wildman–Crippen LogP) is 4.99. The molecule has 0 bridgehead atoms. The summed E-state index contributed by atoms with van der Waals surface area (Å²) in [7, 11) is 0. The summed E-state index contributed by atoms with van der Waals surface area (Å²) >= 11 is 1.38. The predicted molar refractivity (Wildman–Crippen MR) is 125 cm³/mol. The molecular weight excluding hydrogens is 427 g/mol. The Hall–Kier alpha value is -3.29. The zero-order valence-corrected chi connectivity index (χ0v) is 18.5. The minimum Gasteiger partial charge on any atom is -0.378 e. The van der Waals surface area contributed by atoms with Gasteiger partial charge in [0.1, 0.15) is 10.8 Å². The average Bonchev–Trinajstić information content (AvgIpc) is 3.14. The van der Waals surface area contributed by atoms with Crippen LogP contribution in [-0.2, 0) is 9.53 Å². The molecule has 0 spiro atoms. The van der Waals surface area contributed by atoms with Crippen LogP contribution in [0.2, 0.25) is 0 Å². The van der Waals surface area contributed by atoms with Gasteiger partial charge in [-0.1, -0.05) is 42.5 Å². The van der Waals surface area contributed by atoms with Gasteiger partial charge in [0.15, 0.2) is 0 Å². The minimum atomic E-state index is -0.383. The van der Waals surface area contributed by atoms with Crippen molar-refractivity contribution in [3.63, 3.8) is 0 Å². The Labute approximate surface area is 190 Å². The Morgan fingerprint density at radius 3 is 2.56 bits per heavy atom. The molecule has 0 radical (unpaired) electrons.